The lowest BCUT2D eigenvalue weighted by atomic mass is 10.1. The van der Waals surface area contributed by atoms with Gasteiger partial charge < -0.3 is 15.0 Å². The molecule has 0 aromatic heterocycles. The summed E-state index contributed by atoms with van der Waals surface area (Å²) in [6, 6.07) is 7.60. The van der Waals surface area contributed by atoms with E-state index in [4.69, 9.17) is 16.3 Å². The third-order valence-corrected chi connectivity index (χ3v) is 3.48. The maximum absolute atomic E-state index is 12.2. The molecule has 1 aromatic rings. The Bertz CT molecular complexity index is 453. The predicted molar refractivity (Wildman–Crippen MR) is 75.6 cm³/mol. The molecule has 1 fully saturated rings. The van der Waals surface area contributed by atoms with Crippen LogP contribution >= 0.6 is 11.6 Å². The number of carbonyl (C=O) groups is 1. The van der Waals surface area contributed by atoms with Gasteiger partial charge in [-0.2, -0.15) is 0 Å². The van der Waals surface area contributed by atoms with Crippen LogP contribution in [-0.2, 0) is 4.79 Å². The van der Waals surface area contributed by atoms with Gasteiger partial charge in [0.05, 0.1) is 0 Å². The number of nitrogens with zero attached hydrogens (tertiary/aromatic N) is 1. The second-order valence-corrected chi connectivity index (χ2v) is 5.39. The minimum atomic E-state index is 0.0147. The van der Waals surface area contributed by atoms with E-state index in [0.29, 0.717) is 16.8 Å². The van der Waals surface area contributed by atoms with E-state index < -0.39 is 0 Å². The fraction of sp³-hybridized carbons (Fsp3) is 0.500. The molecular weight excluding hydrogens is 264 g/mol. The Kier molecular flexibility index (Phi) is 4.66. The summed E-state index contributed by atoms with van der Waals surface area (Å²) in [5.41, 5.74) is 0. The van der Waals surface area contributed by atoms with Crippen molar-refractivity contribution in [1.29, 1.82) is 0 Å². The quantitative estimate of drug-likeness (QED) is 0.921. The van der Waals surface area contributed by atoms with Crippen LogP contribution in [0.5, 0.6) is 5.75 Å². The van der Waals surface area contributed by atoms with E-state index in [0.717, 1.165) is 13.1 Å². The largest absolute Gasteiger partial charge is 0.484 e. The number of rotatable bonds is 3. The van der Waals surface area contributed by atoms with Crippen molar-refractivity contribution in [1.82, 2.24) is 10.2 Å². The molecule has 1 aromatic carbocycles. The second-order valence-electron chi connectivity index (χ2n) is 4.95. The van der Waals surface area contributed by atoms with Gasteiger partial charge in [-0.1, -0.05) is 17.7 Å². The molecule has 4 nitrogen and oxygen atoms in total. The Morgan fingerprint density at radius 1 is 1.53 bits per heavy atom. The summed E-state index contributed by atoms with van der Waals surface area (Å²) in [4.78, 5) is 14.0. The molecule has 1 aliphatic rings. The highest BCUT2D eigenvalue weighted by Crippen LogP contribution is 2.17. The summed E-state index contributed by atoms with van der Waals surface area (Å²) in [6.07, 6.45) is 0. The summed E-state index contributed by atoms with van der Waals surface area (Å²) in [7, 11) is 0. The zero-order chi connectivity index (χ0) is 13.8. The van der Waals surface area contributed by atoms with Gasteiger partial charge in [-0.05, 0) is 32.0 Å². The van der Waals surface area contributed by atoms with Crippen LogP contribution in [-0.4, -0.2) is 42.6 Å². The van der Waals surface area contributed by atoms with Crippen LogP contribution in [0.3, 0.4) is 0 Å². The third kappa shape index (κ3) is 3.85. The van der Waals surface area contributed by atoms with Gasteiger partial charge in [0.1, 0.15) is 5.75 Å². The van der Waals surface area contributed by atoms with Crippen molar-refractivity contribution in [2.24, 2.45) is 0 Å². The van der Waals surface area contributed by atoms with Crippen LogP contribution in [0.4, 0.5) is 0 Å². The van der Waals surface area contributed by atoms with Crippen molar-refractivity contribution in [3.8, 4) is 5.75 Å². The highest BCUT2D eigenvalue weighted by molar-refractivity contribution is 6.30. The molecule has 0 aliphatic carbocycles. The molecule has 0 bridgehead atoms. The molecule has 0 saturated carbocycles. The first-order valence-corrected chi connectivity index (χ1v) is 6.85. The van der Waals surface area contributed by atoms with Gasteiger partial charge in [-0.25, -0.2) is 0 Å². The number of carbonyl (C=O) groups excluding carboxylic acids is 1. The third-order valence-electron chi connectivity index (χ3n) is 3.24. The molecule has 5 heteroatoms. The zero-order valence-corrected chi connectivity index (χ0v) is 12.0. The summed E-state index contributed by atoms with van der Waals surface area (Å²) >= 11 is 5.87. The first-order valence-electron chi connectivity index (χ1n) is 6.47. The minimum Gasteiger partial charge on any atom is -0.484 e. The monoisotopic (exact) mass is 282 g/mol. The molecule has 104 valence electrons. The molecule has 2 atom stereocenters. The van der Waals surface area contributed by atoms with E-state index in [1.807, 2.05) is 11.8 Å². The maximum Gasteiger partial charge on any atom is 0.260 e. The Morgan fingerprint density at radius 3 is 3.05 bits per heavy atom. The fourth-order valence-electron chi connectivity index (χ4n) is 2.15. The van der Waals surface area contributed by atoms with Crippen molar-refractivity contribution < 1.29 is 9.53 Å². The van der Waals surface area contributed by atoms with Crippen molar-refractivity contribution in [3.63, 3.8) is 0 Å². The van der Waals surface area contributed by atoms with Gasteiger partial charge >= 0.3 is 0 Å². The lowest BCUT2D eigenvalue weighted by molar-refractivity contribution is -0.136. The lowest BCUT2D eigenvalue weighted by Gasteiger charge is -2.37. The Morgan fingerprint density at radius 2 is 2.32 bits per heavy atom. The molecule has 2 unspecified atom stereocenters. The van der Waals surface area contributed by atoms with Crippen molar-refractivity contribution in [2.75, 3.05) is 19.7 Å². The number of nitrogens with one attached hydrogen (secondary N) is 1. The Labute approximate surface area is 118 Å². The molecule has 19 heavy (non-hydrogen) atoms. The van der Waals surface area contributed by atoms with Gasteiger partial charge in [0.2, 0.25) is 0 Å². The molecular formula is C14H19ClN2O2. The van der Waals surface area contributed by atoms with Crippen LogP contribution in [0, 0.1) is 0 Å². The molecule has 1 saturated heterocycles. The highest BCUT2D eigenvalue weighted by Gasteiger charge is 2.26. The first-order chi connectivity index (χ1) is 9.06. The first kappa shape index (κ1) is 14.2. The van der Waals surface area contributed by atoms with Crippen LogP contribution in [0.25, 0.3) is 0 Å². The summed E-state index contributed by atoms with van der Waals surface area (Å²) in [6.45, 7) is 5.71. The Balaban J connectivity index is 1.90. The van der Waals surface area contributed by atoms with Crippen molar-refractivity contribution in [3.05, 3.63) is 29.3 Å². The smallest absolute Gasteiger partial charge is 0.260 e. The number of ether oxygens (including phenoxy) is 1. The molecule has 1 aliphatic heterocycles. The van der Waals surface area contributed by atoms with E-state index in [2.05, 4.69) is 12.2 Å². The van der Waals surface area contributed by atoms with Crippen LogP contribution in [0.15, 0.2) is 24.3 Å². The summed E-state index contributed by atoms with van der Waals surface area (Å²) in [5.74, 6) is 0.637. The van der Waals surface area contributed by atoms with Crippen molar-refractivity contribution in [2.45, 2.75) is 25.9 Å². The van der Waals surface area contributed by atoms with E-state index in [9.17, 15) is 4.79 Å². The topological polar surface area (TPSA) is 41.6 Å². The van der Waals surface area contributed by atoms with Crippen LogP contribution in [0.2, 0.25) is 5.02 Å². The molecule has 1 amide bonds. The van der Waals surface area contributed by atoms with E-state index in [-0.39, 0.29) is 18.6 Å². The fourth-order valence-corrected chi connectivity index (χ4v) is 2.33. The number of hydrogen-bond acceptors (Lipinski definition) is 3. The second kappa shape index (κ2) is 6.26. The maximum atomic E-state index is 12.2. The van der Waals surface area contributed by atoms with Gasteiger partial charge in [0.25, 0.3) is 5.91 Å². The number of benzene rings is 1. The standard InChI is InChI=1S/C14H19ClN2O2/c1-10-8-17(11(2)7-16-10)14(18)9-19-13-5-3-4-12(15)6-13/h3-6,10-11,16H,7-9H2,1-2H3. The molecule has 1 N–H and O–H groups in total. The number of amides is 1. The lowest BCUT2D eigenvalue weighted by Crippen LogP contribution is -2.57. The normalized spacial score (nSPS) is 23.2. The minimum absolute atomic E-state index is 0.0147. The van der Waals surface area contributed by atoms with E-state index in [1.54, 1.807) is 24.3 Å². The molecule has 1 heterocycles. The highest BCUT2D eigenvalue weighted by atomic mass is 35.5. The SMILES string of the molecule is CC1CN(C(=O)COc2cccc(Cl)c2)C(C)CN1. The van der Waals surface area contributed by atoms with E-state index >= 15 is 0 Å². The van der Waals surface area contributed by atoms with Gasteiger partial charge in [0.15, 0.2) is 6.61 Å². The molecule has 0 spiro atoms. The zero-order valence-electron chi connectivity index (χ0n) is 11.2. The number of piperazine rings is 1. The average Bonchev–Trinajstić information content (AvgIpc) is 2.39. The van der Waals surface area contributed by atoms with Crippen LogP contribution in [0.1, 0.15) is 13.8 Å². The van der Waals surface area contributed by atoms with Gasteiger partial charge in [-0.3, -0.25) is 4.79 Å². The molecule has 2 rings (SSSR count). The Hall–Kier alpha value is -1.26. The number of hydrogen-bond donors (Lipinski definition) is 1. The van der Waals surface area contributed by atoms with Gasteiger partial charge in [-0.15, -0.1) is 0 Å². The number of halogens is 1. The van der Waals surface area contributed by atoms with E-state index in [1.165, 1.54) is 0 Å². The van der Waals surface area contributed by atoms with Crippen LogP contribution < -0.4 is 10.1 Å². The predicted octanol–water partition coefficient (Wildman–Crippen LogP) is 1.93. The van der Waals surface area contributed by atoms with Gasteiger partial charge in [0, 0.05) is 30.2 Å². The average molecular weight is 283 g/mol. The molecule has 0 radical (unpaired) electrons. The van der Waals surface area contributed by atoms with Crippen molar-refractivity contribution >= 4 is 17.5 Å². The summed E-state index contributed by atoms with van der Waals surface area (Å²) < 4.78 is 5.49. The summed E-state index contributed by atoms with van der Waals surface area (Å²) in [5, 5.41) is 3.95.